The Morgan fingerprint density at radius 2 is 1.44 bits per heavy atom. The van der Waals surface area contributed by atoms with Crippen LogP contribution in [0.25, 0.3) is 0 Å². The summed E-state index contributed by atoms with van der Waals surface area (Å²) < 4.78 is 11.9. The van der Waals surface area contributed by atoms with Crippen molar-refractivity contribution in [3.8, 4) is 0 Å². The van der Waals surface area contributed by atoms with Crippen LogP contribution in [0.5, 0.6) is 0 Å². The third kappa shape index (κ3) is 5.40. The molecule has 0 spiro atoms. The van der Waals surface area contributed by atoms with Crippen LogP contribution in [-0.2, 0) is 20.6 Å². The number of ether oxygens (including phenoxy) is 1. The van der Waals surface area contributed by atoms with E-state index in [4.69, 9.17) is 14.9 Å². The molecule has 25 heavy (non-hydrogen) atoms. The van der Waals surface area contributed by atoms with E-state index in [-0.39, 0.29) is 12.7 Å². The zero-order valence-corrected chi connectivity index (χ0v) is 17.8. The summed E-state index contributed by atoms with van der Waals surface area (Å²) in [6.07, 6.45) is -0.359. The lowest BCUT2D eigenvalue weighted by Gasteiger charge is -2.44. The number of carbonyl (C=O) groups is 1. The van der Waals surface area contributed by atoms with Crippen LogP contribution in [0.3, 0.4) is 0 Å². The Bertz CT molecular complexity index is 509. The Labute approximate surface area is 154 Å². The van der Waals surface area contributed by atoms with Gasteiger partial charge in [0.2, 0.25) is 8.32 Å². The highest BCUT2D eigenvalue weighted by Crippen LogP contribution is 2.43. The molecule has 1 rings (SSSR count). The van der Waals surface area contributed by atoms with Crippen molar-refractivity contribution in [2.24, 2.45) is 5.73 Å². The number of esters is 1. The van der Waals surface area contributed by atoms with Crippen LogP contribution in [-0.4, -0.2) is 26.4 Å². The van der Waals surface area contributed by atoms with Gasteiger partial charge in [-0.2, -0.15) is 0 Å². The van der Waals surface area contributed by atoms with Gasteiger partial charge in [0.25, 0.3) is 0 Å². The first-order chi connectivity index (χ1) is 11.6. The maximum Gasteiger partial charge on any atom is 0.325 e. The second-order valence-corrected chi connectivity index (χ2v) is 13.2. The summed E-state index contributed by atoms with van der Waals surface area (Å²) >= 11 is 0. The smallest absolute Gasteiger partial charge is 0.325 e. The molecule has 1 aromatic rings. The zero-order chi connectivity index (χ0) is 19.2. The van der Waals surface area contributed by atoms with E-state index in [0.29, 0.717) is 16.6 Å². The Kier molecular flexibility index (Phi) is 8.31. The summed E-state index contributed by atoms with van der Waals surface area (Å²) in [5.74, 6) is -0.407. The van der Waals surface area contributed by atoms with Crippen molar-refractivity contribution in [2.45, 2.75) is 83.8 Å². The van der Waals surface area contributed by atoms with Gasteiger partial charge < -0.3 is 14.9 Å². The highest BCUT2D eigenvalue weighted by atomic mass is 28.4. The minimum atomic E-state index is -2.07. The van der Waals surface area contributed by atoms with Gasteiger partial charge >= 0.3 is 5.97 Å². The van der Waals surface area contributed by atoms with Crippen molar-refractivity contribution in [3.63, 3.8) is 0 Å². The van der Waals surface area contributed by atoms with E-state index in [9.17, 15) is 4.79 Å². The van der Waals surface area contributed by atoms with Crippen LogP contribution < -0.4 is 5.73 Å². The van der Waals surface area contributed by atoms with Gasteiger partial charge in [-0.1, -0.05) is 71.9 Å². The minimum absolute atomic E-state index is 0.237. The number of rotatable bonds is 9. The molecule has 0 saturated carbocycles. The molecule has 0 aliphatic heterocycles. The normalized spacial score (nSPS) is 14.8. The lowest BCUT2D eigenvalue weighted by molar-refractivity contribution is -0.148. The van der Waals surface area contributed by atoms with Crippen LogP contribution in [0.1, 0.15) is 54.0 Å². The van der Waals surface area contributed by atoms with Gasteiger partial charge in [-0.15, -0.1) is 0 Å². The van der Waals surface area contributed by atoms with Crippen LogP contribution in [0.15, 0.2) is 30.3 Å². The molecule has 0 heterocycles. The molecule has 5 heteroatoms. The third-order valence-corrected chi connectivity index (χ3v) is 11.3. The number of hydrogen-bond donors (Lipinski definition) is 1. The molecule has 0 saturated heterocycles. The summed E-state index contributed by atoms with van der Waals surface area (Å²) in [6.45, 7) is 15.5. The number of hydrogen-bond acceptors (Lipinski definition) is 4. The quantitative estimate of drug-likeness (QED) is 0.511. The number of carbonyl (C=O) groups excluding carboxylic acids is 1. The van der Waals surface area contributed by atoms with Crippen LogP contribution >= 0.6 is 0 Å². The largest absolute Gasteiger partial charge is 0.460 e. The highest BCUT2D eigenvalue weighted by Gasteiger charge is 2.47. The molecule has 0 unspecified atom stereocenters. The van der Waals surface area contributed by atoms with E-state index < -0.39 is 20.3 Å². The molecule has 0 aromatic heterocycles. The Balaban J connectivity index is 2.76. The van der Waals surface area contributed by atoms with Crippen LogP contribution in [0.4, 0.5) is 0 Å². The predicted molar refractivity (Wildman–Crippen MR) is 106 cm³/mol. The van der Waals surface area contributed by atoms with Gasteiger partial charge in [0, 0.05) is 0 Å². The molecule has 0 aliphatic carbocycles. The maximum atomic E-state index is 12.3. The summed E-state index contributed by atoms with van der Waals surface area (Å²) in [5.41, 5.74) is 8.45. The second-order valence-electron chi connectivity index (χ2n) is 7.76. The van der Waals surface area contributed by atoms with Crippen molar-refractivity contribution >= 4 is 14.3 Å². The molecule has 0 amide bonds. The van der Waals surface area contributed by atoms with Gasteiger partial charge in [-0.25, -0.2) is 0 Å². The first-order valence-electron chi connectivity index (χ1n) is 9.26. The fraction of sp³-hybridized carbons (Fsp3) is 0.650. The number of nitrogens with two attached hydrogens (primary N) is 1. The lowest BCUT2D eigenvalue weighted by Crippen LogP contribution is -2.54. The molecule has 142 valence electrons. The van der Waals surface area contributed by atoms with Crippen molar-refractivity contribution in [3.05, 3.63) is 35.9 Å². The molecule has 2 N–H and O–H groups in total. The SMILES string of the molecule is CC(C)[Si](O[C@H](C)[C@H](N)C(=O)OCc1ccccc1)(C(C)C)C(C)C. The second kappa shape index (κ2) is 9.50. The van der Waals surface area contributed by atoms with Crippen molar-refractivity contribution in [1.82, 2.24) is 0 Å². The monoisotopic (exact) mass is 365 g/mol. The van der Waals surface area contributed by atoms with Crippen molar-refractivity contribution in [1.29, 1.82) is 0 Å². The third-order valence-electron chi connectivity index (χ3n) is 5.10. The molecular weight excluding hydrogens is 330 g/mol. The lowest BCUT2D eigenvalue weighted by atomic mass is 10.2. The first-order valence-corrected chi connectivity index (χ1v) is 11.4. The molecule has 0 aliphatic rings. The standard InChI is InChI=1S/C20H35NO3Si/c1-14(2)25(15(3)4,16(5)6)24-17(7)19(21)20(22)23-13-18-11-9-8-10-12-18/h8-12,14-17,19H,13,21H2,1-7H3/t17-,19+/m1/s1. The van der Waals surface area contributed by atoms with Gasteiger partial charge in [0.1, 0.15) is 12.6 Å². The zero-order valence-electron chi connectivity index (χ0n) is 16.8. The summed E-state index contributed by atoms with van der Waals surface area (Å²) in [4.78, 5) is 12.3. The Morgan fingerprint density at radius 1 is 0.960 bits per heavy atom. The molecule has 1 aromatic carbocycles. The fourth-order valence-corrected chi connectivity index (χ4v) is 9.43. The highest BCUT2D eigenvalue weighted by molar-refractivity contribution is 6.77. The summed E-state index contributed by atoms with van der Waals surface area (Å²) in [7, 11) is -2.07. The maximum absolute atomic E-state index is 12.3. The minimum Gasteiger partial charge on any atom is -0.460 e. The first kappa shape index (κ1) is 21.9. The van der Waals surface area contributed by atoms with Gasteiger partial charge in [0.15, 0.2) is 0 Å². The van der Waals surface area contributed by atoms with Crippen LogP contribution in [0, 0.1) is 0 Å². The predicted octanol–water partition coefficient (Wildman–Crippen LogP) is 4.64. The average molecular weight is 366 g/mol. The van der Waals surface area contributed by atoms with E-state index in [1.165, 1.54) is 0 Å². The number of benzene rings is 1. The molecule has 0 radical (unpaired) electrons. The Hall–Kier alpha value is -1.17. The van der Waals surface area contributed by atoms with E-state index in [0.717, 1.165) is 5.56 Å². The van der Waals surface area contributed by atoms with Crippen LogP contribution in [0.2, 0.25) is 16.6 Å². The average Bonchev–Trinajstić information content (AvgIpc) is 2.56. The molecule has 0 bridgehead atoms. The van der Waals surface area contributed by atoms with Crippen molar-refractivity contribution < 1.29 is 14.0 Å². The Morgan fingerprint density at radius 3 is 1.88 bits per heavy atom. The topological polar surface area (TPSA) is 61.5 Å². The molecular formula is C20H35NO3Si. The summed E-state index contributed by atoms with van der Waals surface area (Å²) in [5, 5.41) is 0. The van der Waals surface area contributed by atoms with Gasteiger partial charge in [-0.05, 0) is 29.1 Å². The molecule has 4 nitrogen and oxygen atoms in total. The van der Waals surface area contributed by atoms with E-state index in [1.54, 1.807) is 0 Å². The molecule has 0 fully saturated rings. The van der Waals surface area contributed by atoms with Gasteiger partial charge in [0.05, 0.1) is 6.10 Å². The van der Waals surface area contributed by atoms with Gasteiger partial charge in [-0.3, -0.25) is 4.79 Å². The van der Waals surface area contributed by atoms with E-state index in [2.05, 4.69) is 41.5 Å². The fourth-order valence-electron chi connectivity index (χ4n) is 3.82. The van der Waals surface area contributed by atoms with E-state index in [1.807, 2.05) is 37.3 Å². The van der Waals surface area contributed by atoms with Crippen molar-refractivity contribution in [2.75, 3.05) is 0 Å². The van der Waals surface area contributed by atoms with E-state index >= 15 is 0 Å². The summed E-state index contributed by atoms with van der Waals surface area (Å²) in [6, 6.07) is 8.85. The molecule has 2 atom stereocenters.